The summed E-state index contributed by atoms with van der Waals surface area (Å²) < 4.78 is 23.0. The van der Waals surface area contributed by atoms with Gasteiger partial charge in [-0.3, -0.25) is 9.63 Å². The number of benzene rings is 2. The van der Waals surface area contributed by atoms with E-state index in [1.807, 2.05) is 55.7 Å². The van der Waals surface area contributed by atoms with Gasteiger partial charge in [0.25, 0.3) is 5.91 Å². The van der Waals surface area contributed by atoms with Crippen LogP contribution in [0.5, 0.6) is 0 Å². The summed E-state index contributed by atoms with van der Waals surface area (Å²) >= 11 is 0. The average molecular weight is 509 g/mol. The summed E-state index contributed by atoms with van der Waals surface area (Å²) in [6.45, 7) is 6.31. The lowest BCUT2D eigenvalue weighted by Gasteiger charge is -2.29. The normalized spacial score (nSPS) is 17.8. The summed E-state index contributed by atoms with van der Waals surface area (Å²) in [5.74, 6) is -0.531. The number of carbonyl (C=O) groups excluding carboxylic acids is 2. The van der Waals surface area contributed by atoms with Crippen LogP contribution in [-0.2, 0) is 32.2 Å². The van der Waals surface area contributed by atoms with Crippen molar-refractivity contribution < 1.29 is 23.6 Å². The third-order valence-electron chi connectivity index (χ3n) is 6.57. The van der Waals surface area contributed by atoms with Crippen LogP contribution < -0.4 is 10.4 Å². The summed E-state index contributed by atoms with van der Waals surface area (Å²) in [4.78, 5) is 37.3. The molecule has 1 aliphatic carbocycles. The Morgan fingerprint density at radius 2 is 1.89 bits per heavy atom. The monoisotopic (exact) mass is 508 g/mol. The highest BCUT2D eigenvalue weighted by Crippen LogP contribution is 2.41. The minimum Gasteiger partial charge on any atom is -0.458 e. The largest absolute Gasteiger partial charge is 0.458 e. The Balaban J connectivity index is 1.36. The van der Waals surface area contributed by atoms with Gasteiger partial charge in [0.1, 0.15) is 23.3 Å². The predicted molar refractivity (Wildman–Crippen MR) is 137 cm³/mol. The van der Waals surface area contributed by atoms with Crippen LogP contribution in [0, 0.1) is 5.82 Å². The Morgan fingerprint density at radius 1 is 1.14 bits per heavy atom. The van der Waals surface area contributed by atoms with Gasteiger partial charge in [-0.2, -0.15) is 0 Å². The molecule has 1 aliphatic heterocycles. The number of imidazole rings is 1. The summed E-state index contributed by atoms with van der Waals surface area (Å²) in [5, 5.41) is 0. The predicted octanol–water partition coefficient (Wildman–Crippen LogP) is 4.61. The van der Waals surface area contributed by atoms with Crippen LogP contribution in [0.3, 0.4) is 0 Å². The van der Waals surface area contributed by atoms with Gasteiger partial charge in [-0.15, -0.1) is 0 Å². The molecule has 1 saturated heterocycles. The van der Waals surface area contributed by atoms with Crippen molar-refractivity contribution in [2.75, 3.05) is 11.4 Å². The van der Waals surface area contributed by atoms with Crippen LogP contribution in [0.4, 0.5) is 10.1 Å². The first-order valence-corrected chi connectivity index (χ1v) is 12.8. The molecule has 37 heavy (non-hydrogen) atoms. The number of aromatic nitrogens is 2. The first kappa shape index (κ1) is 25.2. The van der Waals surface area contributed by atoms with Crippen molar-refractivity contribution in [1.82, 2.24) is 15.0 Å². The first-order chi connectivity index (χ1) is 17.7. The topological polar surface area (TPSA) is 85.7 Å². The van der Waals surface area contributed by atoms with E-state index in [2.05, 4.69) is 10.5 Å². The van der Waals surface area contributed by atoms with Gasteiger partial charge in [0, 0.05) is 18.7 Å². The molecule has 0 unspecified atom stereocenters. The molecule has 2 fully saturated rings. The second-order valence-electron chi connectivity index (χ2n) is 10.8. The minimum atomic E-state index is -0.612. The van der Waals surface area contributed by atoms with E-state index in [1.54, 1.807) is 11.0 Å². The van der Waals surface area contributed by atoms with E-state index in [9.17, 15) is 9.59 Å². The number of amides is 1. The summed E-state index contributed by atoms with van der Waals surface area (Å²) in [6.07, 6.45) is 3.35. The van der Waals surface area contributed by atoms with Gasteiger partial charge < -0.3 is 14.2 Å². The highest BCUT2D eigenvalue weighted by Gasteiger charge is 2.36. The number of fused-ring (bicyclic) bond motifs is 1. The van der Waals surface area contributed by atoms with Gasteiger partial charge in [0.2, 0.25) is 0 Å². The van der Waals surface area contributed by atoms with Crippen LogP contribution in [0.25, 0.3) is 11.0 Å². The molecule has 1 atom stereocenters. The van der Waals surface area contributed by atoms with Crippen molar-refractivity contribution in [2.45, 2.75) is 77.2 Å². The Kier molecular flexibility index (Phi) is 6.90. The lowest BCUT2D eigenvalue weighted by atomic mass is 10.1. The smallest absolute Gasteiger partial charge is 0.329 e. The molecule has 5 rings (SSSR count). The molecule has 1 aromatic heterocycles. The van der Waals surface area contributed by atoms with Crippen molar-refractivity contribution in [3.05, 3.63) is 59.7 Å². The molecule has 1 saturated carbocycles. The second-order valence-corrected chi connectivity index (χ2v) is 10.8. The van der Waals surface area contributed by atoms with Gasteiger partial charge in [0.05, 0.1) is 29.7 Å². The van der Waals surface area contributed by atoms with Crippen LogP contribution >= 0.6 is 0 Å². The number of carbonyl (C=O) groups is 2. The molecule has 9 heteroatoms. The van der Waals surface area contributed by atoms with Gasteiger partial charge in [0.15, 0.2) is 0 Å². The van der Waals surface area contributed by atoms with E-state index in [1.165, 1.54) is 6.07 Å². The molecule has 2 aliphatic rings. The zero-order valence-electron chi connectivity index (χ0n) is 21.5. The molecule has 1 N–H and O–H groups in total. The Hall–Kier alpha value is -3.46. The van der Waals surface area contributed by atoms with Crippen molar-refractivity contribution >= 4 is 28.6 Å². The highest BCUT2D eigenvalue weighted by molar-refractivity contribution is 5.86. The number of hydrogen-bond acceptors (Lipinski definition) is 6. The van der Waals surface area contributed by atoms with Gasteiger partial charge in [-0.25, -0.2) is 19.6 Å². The number of nitrogens with one attached hydrogen (secondary N) is 1. The first-order valence-electron chi connectivity index (χ1n) is 12.8. The maximum absolute atomic E-state index is 15.4. The Bertz CT molecular complexity index is 1300. The molecule has 0 radical (unpaired) electrons. The van der Waals surface area contributed by atoms with Gasteiger partial charge in [-0.1, -0.05) is 30.3 Å². The highest BCUT2D eigenvalue weighted by atomic mass is 19.1. The number of rotatable bonds is 8. The third-order valence-corrected chi connectivity index (χ3v) is 6.57. The maximum atomic E-state index is 15.4. The molecule has 2 aromatic carbocycles. The molecule has 2 heterocycles. The number of hydroxylamine groups is 1. The number of halogens is 1. The fourth-order valence-electron chi connectivity index (χ4n) is 4.86. The molecular weight excluding hydrogens is 475 g/mol. The number of anilines is 1. The van der Waals surface area contributed by atoms with Crippen LogP contribution in [0.1, 0.15) is 63.9 Å². The lowest BCUT2D eigenvalue weighted by molar-refractivity contribution is -0.156. The molecular formula is C28H33FN4O4. The summed E-state index contributed by atoms with van der Waals surface area (Å²) in [5.41, 5.74) is 4.45. The molecule has 8 nitrogen and oxygen atoms in total. The van der Waals surface area contributed by atoms with Crippen molar-refractivity contribution in [2.24, 2.45) is 0 Å². The van der Waals surface area contributed by atoms with E-state index in [-0.39, 0.29) is 30.9 Å². The molecule has 0 bridgehead atoms. The van der Waals surface area contributed by atoms with E-state index in [0.29, 0.717) is 30.0 Å². The van der Waals surface area contributed by atoms with Crippen LogP contribution in [0.15, 0.2) is 42.5 Å². The van der Waals surface area contributed by atoms with E-state index >= 15 is 4.39 Å². The average Bonchev–Trinajstić information content (AvgIpc) is 3.43. The van der Waals surface area contributed by atoms with Crippen LogP contribution in [-0.4, -0.2) is 39.6 Å². The maximum Gasteiger partial charge on any atom is 0.329 e. The Morgan fingerprint density at radius 3 is 2.59 bits per heavy atom. The van der Waals surface area contributed by atoms with E-state index in [4.69, 9.17) is 9.57 Å². The Labute approximate surface area is 215 Å². The minimum absolute atomic E-state index is 0.0150. The quantitative estimate of drug-likeness (QED) is 0.353. The molecule has 0 spiro atoms. The fourth-order valence-corrected chi connectivity index (χ4v) is 4.86. The number of esters is 1. The molecule has 196 valence electrons. The van der Waals surface area contributed by atoms with E-state index < -0.39 is 17.5 Å². The number of nitrogens with zero attached hydrogens (tertiary/aromatic N) is 3. The van der Waals surface area contributed by atoms with Crippen molar-refractivity contribution in [3.8, 4) is 0 Å². The second kappa shape index (κ2) is 10.1. The summed E-state index contributed by atoms with van der Waals surface area (Å²) in [7, 11) is 0. The zero-order chi connectivity index (χ0) is 26.2. The SMILES string of the molecule is CC(C)(C)OC(=O)[C@@H]1CCCN1c1cc2c(cc1F)nc(CC(=O)NOCc1ccccc1)n2C1CC1. The third kappa shape index (κ3) is 5.77. The lowest BCUT2D eigenvalue weighted by Crippen LogP contribution is -2.41. The van der Waals surface area contributed by atoms with Crippen molar-refractivity contribution in [3.63, 3.8) is 0 Å². The number of ether oxygens (including phenoxy) is 1. The molecule has 3 aromatic rings. The van der Waals surface area contributed by atoms with Crippen molar-refractivity contribution in [1.29, 1.82) is 0 Å². The van der Waals surface area contributed by atoms with Gasteiger partial charge >= 0.3 is 5.97 Å². The van der Waals surface area contributed by atoms with Gasteiger partial charge in [-0.05, 0) is 58.1 Å². The van der Waals surface area contributed by atoms with Crippen LogP contribution in [0.2, 0.25) is 0 Å². The molecule has 1 amide bonds. The summed E-state index contributed by atoms with van der Waals surface area (Å²) in [6, 6.07) is 12.4. The fraction of sp³-hybridized carbons (Fsp3) is 0.464. The zero-order valence-corrected chi connectivity index (χ0v) is 21.5. The standard InChI is InChI=1S/C28H33FN4O4/c1-28(2,3)37-27(35)22-10-7-13-32(22)23-15-24-21(14-20(23)29)30-25(33(24)19-11-12-19)16-26(34)31-36-17-18-8-5-4-6-9-18/h4-6,8-9,14-15,19,22H,7,10-13,16-17H2,1-3H3,(H,31,34)/t22-/m0/s1. The number of hydrogen-bond donors (Lipinski definition) is 1. The van der Waals surface area contributed by atoms with E-state index in [0.717, 1.165) is 30.3 Å².